The number of thiazole rings is 1. The molecule has 0 unspecified atom stereocenters. The van der Waals surface area contributed by atoms with Crippen molar-refractivity contribution in [3.05, 3.63) is 28.9 Å². The largest absolute Gasteiger partial charge is 0.493 e. The highest BCUT2D eigenvalue weighted by Gasteiger charge is 2.33. The molecule has 0 radical (unpaired) electrons. The number of rotatable bonds is 6. The minimum Gasteiger partial charge on any atom is -0.493 e. The molecular weight excluding hydrogens is 396 g/mol. The van der Waals surface area contributed by atoms with E-state index in [0.717, 1.165) is 10.4 Å². The van der Waals surface area contributed by atoms with Crippen molar-refractivity contribution in [2.75, 3.05) is 34.4 Å². The molecule has 9 nitrogen and oxygen atoms in total. The summed E-state index contributed by atoms with van der Waals surface area (Å²) in [6.07, 6.45) is 2.45. The van der Waals surface area contributed by atoms with Crippen LogP contribution in [-0.2, 0) is 0 Å². The first-order valence-electron chi connectivity index (χ1n) is 9.30. The second-order valence-corrected chi connectivity index (χ2v) is 7.88. The minimum atomic E-state index is -0.303. The van der Waals surface area contributed by atoms with Crippen molar-refractivity contribution >= 4 is 16.3 Å². The maximum absolute atomic E-state index is 10.9. The third-order valence-corrected chi connectivity index (χ3v) is 6.34. The molecule has 0 aliphatic carbocycles. The highest BCUT2D eigenvalue weighted by Crippen LogP contribution is 2.46. The van der Waals surface area contributed by atoms with Gasteiger partial charge < -0.3 is 24.4 Å². The number of hydrogen-bond donors (Lipinski definition) is 2. The summed E-state index contributed by atoms with van der Waals surface area (Å²) in [5.41, 5.74) is 0.885. The number of methoxy groups -OCH3 is 3. The molecule has 1 fully saturated rings. The lowest BCUT2D eigenvalue weighted by Crippen LogP contribution is -2.38. The van der Waals surface area contributed by atoms with E-state index in [1.165, 1.54) is 22.2 Å². The Hall–Kier alpha value is -2.56. The molecule has 1 atom stereocenters. The van der Waals surface area contributed by atoms with Gasteiger partial charge in [0, 0.05) is 13.1 Å². The number of likely N-dealkylation sites (tertiary alicyclic amines) is 1. The molecule has 2 N–H and O–H groups in total. The Bertz CT molecular complexity index is 971. The van der Waals surface area contributed by atoms with Gasteiger partial charge >= 0.3 is 0 Å². The van der Waals surface area contributed by atoms with Gasteiger partial charge in [-0.2, -0.15) is 9.61 Å². The van der Waals surface area contributed by atoms with Crippen LogP contribution in [0.5, 0.6) is 23.1 Å². The molecule has 0 spiro atoms. The Kier molecular flexibility index (Phi) is 5.48. The van der Waals surface area contributed by atoms with Crippen LogP contribution in [0.3, 0.4) is 0 Å². The van der Waals surface area contributed by atoms with Crippen molar-refractivity contribution in [3.63, 3.8) is 0 Å². The van der Waals surface area contributed by atoms with Gasteiger partial charge in [0.1, 0.15) is 6.33 Å². The van der Waals surface area contributed by atoms with Gasteiger partial charge in [-0.05, 0) is 30.5 Å². The maximum Gasteiger partial charge on any atom is 0.230 e. The lowest BCUT2D eigenvalue weighted by atomic mass is 9.98. The maximum atomic E-state index is 10.9. The molecule has 3 aromatic rings. The van der Waals surface area contributed by atoms with Crippen LogP contribution < -0.4 is 14.2 Å². The normalized spacial score (nSPS) is 16.8. The summed E-state index contributed by atoms with van der Waals surface area (Å²) in [6.45, 7) is 1.38. The van der Waals surface area contributed by atoms with Gasteiger partial charge in [0.25, 0.3) is 0 Å². The first-order valence-corrected chi connectivity index (χ1v) is 10.1. The van der Waals surface area contributed by atoms with Crippen LogP contribution in [0.1, 0.15) is 29.3 Å². The molecule has 0 amide bonds. The van der Waals surface area contributed by atoms with Crippen LogP contribution in [0.25, 0.3) is 4.96 Å². The van der Waals surface area contributed by atoms with E-state index >= 15 is 0 Å². The van der Waals surface area contributed by atoms with Gasteiger partial charge in [0.2, 0.25) is 16.6 Å². The SMILES string of the molecule is COc1cc([C@H](c2sc3ncnn3c2O)N2CCC(O)CC2)cc(OC)c1OC. The fourth-order valence-corrected chi connectivity index (χ4v) is 4.89. The average molecular weight is 420 g/mol. The topological polar surface area (TPSA) is 102 Å². The van der Waals surface area contributed by atoms with E-state index in [4.69, 9.17) is 14.2 Å². The van der Waals surface area contributed by atoms with Crippen molar-refractivity contribution in [1.29, 1.82) is 0 Å². The molecule has 0 saturated carbocycles. The van der Waals surface area contributed by atoms with Crippen LogP contribution in [0.4, 0.5) is 0 Å². The third-order valence-electron chi connectivity index (χ3n) is 5.25. The number of aliphatic hydroxyl groups excluding tert-OH is 1. The quantitative estimate of drug-likeness (QED) is 0.625. The highest BCUT2D eigenvalue weighted by atomic mass is 32.1. The number of aromatic nitrogens is 3. The van der Waals surface area contributed by atoms with Crippen LogP contribution in [0, 0.1) is 0 Å². The van der Waals surface area contributed by atoms with E-state index < -0.39 is 0 Å². The first-order chi connectivity index (χ1) is 14.1. The first kappa shape index (κ1) is 19.7. The molecule has 156 valence electrons. The lowest BCUT2D eigenvalue weighted by Gasteiger charge is -2.36. The number of aliphatic hydroxyl groups is 1. The Labute approximate surface area is 172 Å². The summed E-state index contributed by atoms with van der Waals surface area (Å²) in [6, 6.07) is 3.52. The van der Waals surface area contributed by atoms with Crippen molar-refractivity contribution in [1.82, 2.24) is 19.5 Å². The van der Waals surface area contributed by atoms with E-state index in [9.17, 15) is 10.2 Å². The van der Waals surface area contributed by atoms with Crippen LogP contribution in [0.2, 0.25) is 0 Å². The molecule has 4 rings (SSSR count). The van der Waals surface area contributed by atoms with E-state index in [-0.39, 0.29) is 18.0 Å². The predicted octanol–water partition coefficient (Wildman–Crippen LogP) is 2.07. The van der Waals surface area contributed by atoms with E-state index in [1.807, 2.05) is 12.1 Å². The highest BCUT2D eigenvalue weighted by molar-refractivity contribution is 7.17. The summed E-state index contributed by atoms with van der Waals surface area (Å²) in [5, 5.41) is 24.9. The second-order valence-electron chi connectivity index (χ2n) is 6.87. The zero-order valence-electron chi connectivity index (χ0n) is 16.5. The molecule has 2 aromatic heterocycles. The fourth-order valence-electron chi connectivity index (χ4n) is 3.80. The van der Waals surface area contributed by atoms with E-state index in [2.05, 4.69) is 15.0 Å². The number of fused-ring (bicyclic) bond motifs is 1. The number of benzene rings is 1. The molecular formula is C19H24N4O5S. The van der Waals surface area contributed by atoms with Crippen LogP contribution in [-0.4, -0.2) is 70.2 Å². The zero-order chi connectivity index (χ0) is 20.5. The summed E-state index contributed by atoms with van der Waals surface area (Å²) in [7, 11) is 4.72. The number of nitrogens with zero attached hydrogens (tertiary/aromatic N) is 4. The molecule has 0 bridgehead atoms. The Morgan fingerprint density at radius 2 is 1.76 bits per heavy atom. The minimum absolute atomic E-state index is 0.0624. The Morgan fingerprint density at radius 3 is 2.31 bits per heavy atom. The molecule has 29 heavy (non-hydrogen) atoms. The fraction of sp³-hybridized carbons (Fsp3) is 0.474. The van der Waals surface area contributed by atoms with Crippen molar-refractivity contribution in [3.8, 4) is 23.1 Å². The summed E-state index contributed by atoms with van der Waals surface area (Å²) in [4.78, 5) is 7.79. The monoisotopic (exact) mass is 420 g/mol. The summed E-state index contributed by atoms with van der Waals surface area (Å²) >= 11 is 1.39. The van der Waals surface area contributed by atoms with Crippen LogP contribution >= 0.6 is 11.3 Å². The van der Waals surface area contributed by atoms with Crippen molar-refractivity contribution in [2.24, 2.45) is 0 Å². The predicted molar refractivity (Wildman–Crippen MR) is 107 cm³/mol. The van der Waals surface area contributed by atoms with Gasteiger partial charge in [-0.15, -0.1) is 0 Å². The van der Waals surface area contributed by atoms with E-state index in [1.54, 1.807) is 21.3 Å². The average Bonchev–Trinajstić information content (AvgIpc) is 3.32. The lowest BCUT2D eigenvalue weighted by molar-refractivity contribution is 0.0688. The molecule has 10 heteroatoms. The number of hydrogen-bond acceptors (Lipinski definition) is 9. The van der Waals surface area contributed by atoms with Gasteiger partial charge in [-0.1, -0.05) is 11.3 Å². The Morgan fingerprint density at radius 1 is 1.10 bits per heavy atom. The Balaban J connectivity index is 1.86. The molecule has 1 saturated heterocycles. The number of ether oxygens (including phenoxy) is 3. The number of piperidine rings is 1. The summed E-state index contributed by atoms with van der Waals surface area (Å²) in [5.74, 6) is 1.66. The molecule has 1 aromatic carbocycles. The van der Waals surface area contributed by atoms with Crippen molar-refractivity contribution in [2.45, 2.75) is 25.0 Å². The van der Waals surface area contributed by atoms with Crippen LogP contribution in [0.15, 0.2) is 18.5 Å². The van der Waals surface area contributed by atoms with Crippen molar-refractivity contribution < 1.29 is 24.4 Å². The summed E-state index contributed by atoms with van der Waals surface area (Å²) < 4.78 is 17.9. The third kappa shape index (κ3) is 3.47. The number of aromatic hydroxyl groups is 1. The van der Waals surface area contributed by atoms with Gasteiger partial charge in [-0.3, -0.25) is 4.90 Å². The standard InChI is InChI=1S/C19H24N4O5S/c1-26-13-8-11(9-14(27-2)16(13)28-3)15(22-6-4-12(24)5-7-22)17-18(25)23-19(29-17)20-10-21-23/h8-10,12,15,24-25H,4-7H2,1-3H3/t15-/m1/s1. The van der Waals surface area contributed by atoms with E-state index in [0.29, 0.717) is 48.1 Å². The second kappa shape index (κ2) is 8.05. The molecule has 1 aliphatic rings. The molecule has 3 heterocycles. The smallest absolute Gasteiger partial charge is 0.230 e. The van der Waals surface area contributed by atoms with Gasteiger partial charge in [-0.25, -0.2) is 4.98 Å². The molecule has 1 aliphatic heterocycles. The zero-order valence-corrected chi connectivity index (χ0v) is 17.3. The van der Waals surface area contributed by atoms with Gasteiger partial charge in [0.15, 0.2) is 11.5 Å². The van der Waals surface area contributed by atoms with Gasteiger partial charge in [0.05, 0.1) is 38.4 Å².